The lowest BCUT2D eigenvalue weighted by Gasteiger charge is -2.22. The van der Waals surface area contributed by atoms with E-state index in [2.05, 4.69) is 10.4 Å². The average Bonchev–Trinajstić information content (AvgIpc) is 3.31. The SMILES string of the molecule is CC1C=NN(c2ccc(NC(=O)SCC3CC3)cc2)C(=O)C1. The molecule has 1 saturated carbocycles. The van der Waals surface area contributed by atoms with Crippen LogP contribution in [0.4, 0.5) is 16.2 Å². The van der Waals surface area contributed by atoms with Gasteiger partial charge in [0, 0.05) is 30.0 Å². The molecule has 6 heteroatoms. The first-order valence-electron chi connectivity index (χ1n) is 7.53. The van der Waals surface area contributed by atoms with Crippen LogP contribution >= 0.6 is 11.8 Å². The largest absolute Gasteiger partial charge is 0.317 e. The van der Waals surface area contributed by atoms with E-state index < -0.39 is 0 Å². The van der Waals surface area contributed by atoms with Crippen molar-refractivity contribution in [1.29, 1.82) is 0 Å². The van der Waals surface area contributed by atoms with Gasteiger partial charge in [-0.15, -0.1) is 0 Å². The Morgan fingerprint density at radius 1 is 1.36 bits per heavy atom. The maximum atomic E-state index is 12.0. The van der Waals surface area contributed by atoms with Crippen molar-refractivity contribution in [2.45, 2.75) is 26.2 Å². The molecule has 1 aliphatic carbocycles. The molecule has 1 heterocycles. The smallest absolute Gasteiger partial charge is 0.283 e. The summed E-state index contributed by atoms with van der Waals surface area (Å²) in [6.07, 6.45) is 4.75. The van der Waals surface area contributed by atoms with Crippen molar-refractivity contribution in [3.63, 3.8) is 0 Å². The first-order chi connectivity index (χ1) is 10.6. The molecule has 22 heavy (non-hydrogen) atoms. The van der Waals surface area contributed by atoms with Crippen LogP contribution in [0.15, 0.2) is 29.4 Å². The molecule has 3 rings (SSSR count). The summed E-state index contributed by atoms with van der Waals surface area (Å²) in [5.74, 6) is 1.81. The summed E-state index contributed by atoms with van der Waals surface area (Å²) >= 11 is 1.34. The number of nitrogens with one attached hydrogen (secondary N) is 1. The summed E-state index contributed by atoms with van der Waals surface area (Å²) in [4.78, 5) is 23.7. The van der Waals surface area contributed by atoms with Crippen LogP contribution in [-0.4, -0.2) is 23.1 Å². The maximum Gasteiger partial charge on any atom is 0.283 e. The summed E-state index contributed by atoms with van der Waals surface area (Å²) in [6, 6.07) is 7.19. The average molecular weight is 317 g/mol. The first-order valence-corrected chi connectivity index (χ1v) is 8.51. The molecular formula is C16H19N3O2S. The molecule has 0 aromatic heterocycles. The van der Waals surface area contributed by atoms with E-state index in [0.29, 0.717) is 6.42 Å². The van der Waals surface area contributed by atoms with Crippen molar-refractivity contribution in [2.24, 2.45) is 16.9 Å². The number of hydrogen-bond acceptors (Lipinski definition) is 4. The molecule has 1 aromatic carbocycles. The number of benzene rings is 1. The van der Waals surface area contributed by atoms with Crippen LogP contribution < -0.4 is 10.3 Å². The fraction of sp³-hybridized carbons (Fsp3) is 0.438. The molecule has 1 fully saturated rings. The van der Waals surface area contributed by atoms with Crippen LogP contribution in [0.1, 0.15) is 26.2 Å². The van der Waals surface area contributed by atoms with E-state index in [1.807, 2.05) is 6.92 Å². The first kappa shape index (κ1) is 15.1. The zero-order valence-corrected chi connectivity index (χ0v) is 13.3. The minimum absolute atomic E-state index is 0.00762. The van der Waals surface area contributed by atoms with Gasteiger partial charge in [-0.1, -0.05) is 18.7 Å². The van der Waals surface area contributed by atoms with E-state index in [0.717, 1.165) is 23.0 Å². The molecule has 1 unspecified atom stereocenters. The molecule has 0 radical (unpaired) electrons. The van der Waals surface area contributed by atoms with Crippen LogP contribution in [-0.2, 0) is 4.79 Å². The van der Waals surface area contributed by atoms with Gasteiger partial charge in [0.1, 0.15) is 0 Å². The summed E-state index contributed by atoms with van der Waals surface area (Å²) in [7, 11) is 0. The Morgan fingerprint density at radius 3 is 2.73 bits per heavy atom. The number of hydrogen-bond donors (Lipinski definition) is 1. The van der Waals surface area contributed by atoms with E-state index in [1.165, 1.54) is 29.6 Å². The van der Waals surface area contributed by atoms with E-state index >= 15 is 0 Å². The second kappa shape index (κ2) is 6.52. The van der Waals surface area contributed by atoms with Gasteiger partial charge >= 0.3 is 0 Å². The maximum absolute atomic E-state index is 12.0. The molecule has 0 spiro atoms. The van der Waals surface area contributed by atoms with Gasteiger partial charge in [-0.2, -0.15) is 5.10 Å². The van der Waals surface area contributed by atoms with Crippen molar-refractivity contribution >= 4 is 40.5 Å². The van der Waals surface area contributed by atoms with Crippen LogP contribution in [0.2, 0.25) is 0 Å². The molecule has 2 amide bonds. The predicted octanol–water partition coefficient (Wildman–Crippen LogP) is 3.72. The monoisotopic (exact) mass is 317 g/mol. The van der Waals surface area contributed by atoms with Gasteiger partial charge in [-0.05, 0) is 43.0 Å². The summed E-state index contributed by atoms with van der Waals surface area (Å²) < 4.78 is 0. The predicted molar refractivity (Wildman–Crippen MR) is 90.4 cm³/mol. The van der Waals surface area contributed by atoms with Crippen molar-refractivity contribution in [3.05, 3.63) is 24.3 Å². The third kappa shape index (κ3) is 3.88. The highest BCUT2D eigenvalue weighted by atomic mass is 32.2. The Labute approximate surface area is 134 Å². The molecule has 116 valence electrons. The minimum Gasteiger partial charge on any atom is -0.317 e. The number of rotatable bonds is 4. The highest BCUT2D eigenvalue weighted by molar-refractivity contribution is 8.13. The Bertz CT molecular complexity index is 596. The second-order valence-electron chi connectivity index (χ2n) is 5.87. The summed E-state index contributed by atoms with van der Waals surface area (Å²) in [5, 5.41) is 8.41. The Hall–Kier alpha value is -1.82. The zero-order chi connectivity index (χ0) is 15.5. The molecule has 0 bridgehead atoms. The van der Waals surface area contributed by atoms with E-state index in [1.54, 1.807) is 30.5 Å². The van der Waals surface area contributed by atoms with Crippen molar-refractivity contribution < 1.29 is 9.59 Å². The fourth-order valence-corrected chi connectivity index (χ4v) is 3.10. The van der Waals surface area contributed by atoms with E-state index in [-0.39, 0.29) is 17.1 Å². The minimum atomic E-state index is -0.0273. The number of thioether (sulfide) groups is 1. The van der Waals surface area contributed by atoms with E-state index in [9.17, 15) is 9.59 Å². The Morgan fingerprint density at radius 2 is 2.09 bits per heavy atom. The number of anilines is 2. The number of carbonyl (C=O) groups is 2. The van der Waals surface area contributed by atoms with Crippen molar-refractivity contribution in [2.75, 3.05) is 16.1 Å². The number of hydrazone groups is 1. The van der Waals surface area contributed by atoms with Crippen LogP contribution in [0.3, 0.4) is 0 Å². The molecular weight excluding hydrogens is 298 g/mol. The molecule has 2 aliphatic rings. The molecule has 1 atom stereocenters. The van der Waals surface area contributed by atoms with Gasteiger partial charge in [0.2, 0.25) is 5.91 Å². The lowest BCUT2D eigenvalue weighted by molar-refractivity contribution is -0.119. The number of nitrogens with zero attached hydrogens (tertiary/aromatic N) is 2. The molecule has 0 saturated heterocycles. The third-order valence-electron chi connectivity index (χ3n) is 3.67. The lowest BCUT2D eigenvalue weighted by Crippen LogP contribution is -2.31. The van der Waals surface area contributed by atoms with Crippen molar-refractivity contribution in [3.8, 4) is 0 Å². The fourth-order valence-electron chi connectivity index (χ4n) is 2.19. The third-order valence-corrected chi connectivity index (χ3v) is 4.68. The van der Waals surface area contributed by atoms with Crippen molar-refractivity contribution in [1.82, 2.24) is 0 Å². The standard InChI is InChI=1S/C16H19N3O2S/c1-11-8-15(20)19(17-9-11)14-6-4-13(5-7-14)18-16(21)22-10-12-2-3-12/h4-7,9,11-12H,2-3,8,10H2,1H3,(H,18,21). The highest BCUT2D eigenvalue weighted by Gasteiger charge is 2.23. The number of carbonyl (C=O) groups excluding carboxylic acids is 2. The van der Waals surface area contributed by atoms with Gasteiger partial charge in [0.25, 0.3) is 5.24 Å². The molecule has 1 aromatic rings. The molecule has 5 nitrogen and oxygen atoms in total. The lowest BCUT2D eigenvalue weighted by atomic mass is 10.1. The van der Waals surface area contributed by atoms with Crippen LogP contribution in [0.5, 0.6) is 0 Å². The summed E-state index contributed by atoms with van der Waals surface area (Å²) in [5.41, 5.74) is 1.45. The van der Waals surface area contributed by atoms with E-state index in [4.69, 9.17) is 0 Å². The molecule has 1 N–H and O–H groups in total. The zero-order valence-electron chi connectivity index (χ0n) is 12.5. The topological polar surface area (TPSA) is 61.8 Å². The molecule has 1 aliphatic heterocycles. The number of amides is 2. The van der Waals surface area contributed by atoms with Gasteiger partial charge < -0.3 is 5.32 Å². The highest BCUT2D eigenvalue weighted by Crippen LogP contribution is 2.33. The van der Waals surface area contributed by atoms with Gasteiger partial charge in [-0.25, -0.2) is 5.01 Å². The van der Waals surface area contributed by atoms with Gasteiger partial charge in [0.15, 0.2) is 0 Å². The Kier molecular flexibility index (Phi) is 4.47. The second-order valence-corrected chi connectivity index (χ2v) is 6.86. The van der Waals surface area contributed by atoms with Gasteiger partial charge in [0.05, 0.1) is 5.69 Å². The normalized spacial score (nSPS) is 21.0. The van der Waals surface area contributed by atoms with Crippen LogP contribution in [0.25, 0.3) is 0 Å². The van der Waals surface area contributed by atoms with Gasteiger partial charge in [-0.3, -0.25) is 9.59 Å². The quantitative estimate of drug-likeness (QED) is 0.920. The summed E-state index contributed by atoms with van der Waals surface area (Å²) in [6.45, 7) is 1.97. The van der Waals surface area contributed by atoms with Crippen LogP contribution in [0, 0.1) is 11.8 Å². The Balaban J connectivity index is 1.58.